The van der Waals surface area contributed by atoms with E-state index in [1.807, 2.05) is 0 Å². The first kappa shape index (κ1) is 15.7. The van der Waals surface area contributed by atoms with Gasteiger partial charge in [-0.25, -0.2) is 4.39 Å². The fourth-order valence-corrected chi connectivity index (χ4v) is 1.47. The second kappa shape index (κ2) is 5.72. The van der Waals surface area contributed by atoms with E-state index in [-0.39, 0.29) is 0 Å². The molecule has 0 spiro atoms. The third-order valence-corrected chi connectivity index (χ3v) is 2.14. The minimum Gasteiger partial charge on any atom is -0.480 e. The van der Waals surface area contributed by atoms with Gasteiger partial charge >= 0.3 is 12.1 Å². The van der Waals surface area contributed by atoms with E-state index in [2.05, 4.69) is 0 Å². The molecular weight excluding hydrogens is 288 g/mol. The number of nitro benzene ring substituents is 1. The third kappa shape index (κ3) is 4.71. The molecule has 0 aliphatic rings. The molecule has 1 aromatic carbocycles. The highest BCUT2D eigenvalue weighted by atomic mass is 19.4. The van der Waals surface area contributed by atoms with Crippen LogP contribution in [-0.4, -0.2) is 35.3 Å². The predicted molar refractivity (Wildman–Crippen MR) is 59.0 cm³/mol. The average molecular weight is 296 g/mol. The summed E-state index contributed by atoms with van der Waals surface area (Å²) in [7, 11) is 0. The van der Waals surface area contributed by atoms with Gasteiger partial charge in [-0.05, 0) is 6.07 Å². The van der Waals surface area contributed by atoms with Crippen molar-refractivity contribution in [1.29, 1.82) is 0 Å². The first-order chi connectivity index (χ1) is 9.08. The van der Waals surface area contributed by atoms with E-state index >= 15 is 0 Å². The normalized spacial score (nSPS) is 11.2. The summed E-state index contributed by atoms with van der Waals surface area (Å²) in [5, 5.41) is 19.1. The zero-order valence-corrected chi connectivity index (χ0v) is 9.72. The Kier molecular flexibility index (Phi) is 4.48. The van der Waals surface area contributed by atoms with Crippen LogP contribution in [0.25, 0.3) is 0 Å². The van der Waals surface area contributed by atoms with Gasteiger partial charge in [0.05, 0.1) is 11.0 Å². The number of non-ortho nitro benzene ring substituents is 1. The molecule has 0 unspecified atom stereocenters. The van der Waals surface area contributed by atoms with Gasteiger partial charge in [-0.15, -0.1) is 0 Å². The summed E-state index contributed by atoms with van der Waals surface area (Å²) in [6.07, 6.45) is -4.74. The van der Waals surface area contributed by atoms with Crippen molar-refractivity contribution in [3.8, 4) is 0 Å². The molecule has 1 aromatic rings. The van der Waals surface area contributed by atoms with Crippen LogP contribution in [0.5, 0.6) is 0 Å². The Morgan fingerprint density at radius 1 is 1.35 bits per heavy atom. The van der Waals surface area contributed by atoms with Crippen molar-refractivity contribution in [2.24, 2.45) is 0 Å². The number of hydrogen-bond acceptors (Lipinski definition) is 4. The van der Waals surface area contributed by atoms with Gasteiger partial charge in [0, 0.05) is 11.8 Å². The van der Waals surface area contributed by atoms with Gasteiger partial charge in [0.25, 0.3) is 5.69 Å². The first-order valence-corrected chi connectivity index (χ1v) is 5.07. The first-order valence-electron chi connectivity index (χ1n) is 5.07. The van der Waals surface area contributed by atoms with E-state index in [0.29, 0.717) is 23.1 Å². The molecule has 0 heterocycles. The van der Waals surface area contributed by atoms with Gasteiger partial charge in [-0.2, -0.15) is 13.2 Å². The zero-order chi connectivity index (χ0) is 15.5. The molecule has 0 radical (unpaired) electrons. The van der Waals surface area contributed by atoms with Crippen molar-refractivity contribution < 1.29 is 32.4 Å². The summed E-state index contributed by atoms with van der Waals surface area (Å²) in [6, 6.07) is 1.80. The quantitative estimate of drug-likeness (QED) is 0.511. The number of benzene rings is 1. The fourth-order valence-electron chi connectivity index (χ4n) is 1.47. The second-order valence-electron chi connectivity index (χ2n) is 3.79. The highest BCUT2D eigenvalue weighted by Gasteiger charge is 2.32. The molecule has 10 heteroatoms. The molecule has 1 N–H and O–H groups in total. The van der Waals surface area contributed by atoms with Gasteiger partial charge in [-0.1, -0.05) is 0 Å². The maximum absolute atomic E-state index is 13.2. The summed E-state index contributed by atoms with van der Waals surface area (Å²) in [5.41, 5.74) is -1.30. The SMILES string of the molecule is O=C(O)CN(CC(F)(F)F)c1cc(F)cc([N+](=O)[O-])c1. The molecule has 0 aliphatic heterocycles. The van der Waals surface area contributed by atoms with Crippen LogP contribution in [0.1, 0.15) is 0 Å². The molecule has 110 valence electrons. The van der Waals surface area contributed by atoms with Crippen LogP contribution >= 0.6 is 0 Å². The van der Waals surface area contributed by atoms with Crippen LogP contribution in [0.3, 0.4) is 0 Å². The van der Waals surface area contributed by atoms with Gasteiger partial charge in [0.1, 0.15) is 18.9 Å². The highest BCUT2D eigenvalue weighted by molar-refractivity contribution is 5.74. The Morgan fingerprint density at radius 2 is 1.95 bits per heavy atom. The van der Waals surface area contributed by atoms with Crippen LogP contribution in [-0.2, 0) is 4.79 Å². The number of carbonyl (C=O) groups is 1. The molecule has 1 rings (SSSR count). The number of carboxylic acid groups (broad SMARTS) is 1. The minimum atomic E-state index is -4.74. The predicted octanol–water partition coefficient (Wildman–Crippen LogP) is 2.19. The molecule has 0 saturated heterocycles. The van der Waals surface area contributed by atoms with Gasteiger partial charge in [0.2, 0.25) is 0 Å². The number of anilines is 1. The van der Waals surface area contributed by atoms with Crippen LogP contribution in [0.15, 0.2) is 18.2 Å². The lowest BCUT2D eigenvalue weighted by Gasteiger charge is -2.23. The van der Waals surface area contributed by atoms with Crippen LogP contribution in [0.2, 0.25) is 0 Å². The summed E-state index contributed by atoms with van der Waals surface area (Å²) < 4.78 is 50.2. The van der Waals surface area contributed by atoms with Crippen molar-refractivity contribution >= 4 is 17.3 Å². The van der Waals surface area contributed by atoms with E-state index in [1.165, 1.54) is 0 Å². The molecule has 0 amide bonds. The molecule has 0 atom stereocenters. The topological polar surface area (TPSA) is 83.7 Å². The Labute approximate surface area is 109 Å². The molecule has 0 fully saturated rings. The monoisotopic (exact) mass is 296 g/mol. The summed E-state index contributed by atoms with van der Waals surface area (Å²) in [4.78, 5) is 20.4. The Morgan fingerprint density at radius 3 is 2.40 bits per heavy atom. The molecule has 0 saturated carbocycles. The number of aliphatic carboxylic acids is 1. The van der Waals surface area contributed by atoms with Crippen LogP contribution < -0.4 is 4.90 Å². The maximum Gasteiger partial charge on any atom is 0.405 e. The molecular formula is C10H8F4N2O4. The lowest BCUT2D eigenvalue weighted by atomic mass is 10.2. The van der Waals surface area contributed by atoms with Crippen molar-refractivity contribution in [2.45, 2.75) is 6.18 Å². The number of alkyl halides is 3. The van der Waals surface area contributed by atoms with E-state index in [0.717, 1.165) is 0 Å². The number of hydrogen-bond donors (Lipinski definition) is 1. The van der Waals surface area contributed by atoms with E-state index < -0.39 is 47.4 Å². The Bertz CT molecular complexity index is 532. The van der Waals surface area contributed by atoms with Crippen LogP contribution in [0, 0.1) is 15.9 Å². The Hall–Kier alpha value is -2.39. The van der Waals surface area contributed by atoms with E-state index in [4.69, 9.17) is 5.11 Å². The lowest BCUT2D eigenvalue weighted by molar-refractivity contribution is -0.385. The number of rotatable bonds is 5. The van der Waals surface area contributed by atoms with Crippen molar-refractivity contribution in [1.82, 2.24) is 0 Å². The molecule has 6 nitrogen and oxygen atoms in total. The molecule has 0 aromatic heterocycles. The fraction of sp³-hybridized carbons (Fsp3) is 0.300. The second-order valence-corrected chi connectivity index (χ2v) is 3.79. The smallest absolute Gasteiger partial charge is 0.405 e. The lowest BCUT2D eigenvalue weighted by Crippen LogP contribution is -2.38. The summed E-state index contributed by atoms with van der Waals surface area (Å²) >= 11 is 0. The number of nitro groups is 1. The third-order valence-electron chi connectivity index (χ3n) is 2.14. The van der Waals surface area contributed by atoms with Crippen molar-refractivity contribution in [2.75, 3.05) is 18.0 Å². The minimum absolute atomic E-state index is 0.290. The zero-order valence-electron chi connectivity index (χ0n) is 9.72. The standard InChI is InChI=1S/C10H8F4N2O4/c11-6-1-7(3-8(2-6)16(19)20)15(4-9(17)18)5-10(12,13)14/h1-3H,4-5H2,(H,17,18). The van der Waals surface area contributed by atoms with E-state index in [1.54, 1.807) is 0 Å². The summed E-state index contributed by atoms with van der Waals surface area (Å²) in [6.45, 7) is -2.74. The van der Waals surface area contributed by atoms with Crippen LogP contribution in [0.4, 0.5) is 28.9 Å². The number of carboxylic acids is 1. The molecule has 0 aliphatic carbocycles. The highest BCUT2D eigenvalue weighted by Crippen LogP contribution is 2.26. The summed E-state index contributed by atoms with van der Waals surface area (Å²) in [5.74, 6) is -2.71. The molecule has 20 heavy (non-hydrogen) atoms. The Balaban J connectivity index is 3.18. The van der Waals surface area contributed by atoms with Gasteiger partial charge in [0.15, 0.2) is 0 Å². The average Bonchev–Trinajstić information content (AvgIpc) is 2.24. The largest absolute Gasteiger partial charge is 0.480 e. The van der Waals surface area contributed by atoms with Crippen molar-refractivity contribution in [3.05, 3.63) is 34.1 Å². The number of nitrogens with zero attached hydrogens (tertiary/aromatic N) is 2. The maximum atomic E-state index is 13.2. The van der Waals surface area contributed by atoms with Crippen molar-refractivity contribution in [3.63, 3.8) is 0 Å². The van der Waals surface area contributed by atoms with E-state index in [9.17, 15) is 32.5 Å². The van der Waals surface area contributed by atoms with Gasteiger partial charge < -0.3 is 10.0 Å². The van der Waals surface area contributed by atoms with Gasteiger partial charge in [-0.3, -0.25) is 14.9 Å². The molecule has 0 bridgehead atoms. The number of halogens is 4.